The SMILES string of the molecule is CC(C)[C@H]1C[C@@H](O)[C@@H](O)CO1. The van der Waals surface area contributed by atoms with Crippen LogP contribution in [0.4, 0.5) is 0 Å². The lowest BCUT2D eigenvalue weighted by molar-refractivity contribution is -0.132. The van der Waals surface area contributed by atoms with Gasteiger partial charge in [0.2, 0.25) is 0 Å². The third-order valence-electron chi connectivity index (χ3n) is 2.14. The minimum absolute atomic E-state index is 0.105. The van der Waals surface area contributed by atoms with Crippen LogP contribution in [-0.2, 0) is 4.74 Å². The maximum absolute atomic E-state index is 9.27. The van der Waals surface area contributed by atoms with Crippen LogP contribution in [-0.4, -0.2) is 35.1 Å². The van der Waals surface area contributed by atoms with E-state index in [2.05, 4.69) is 13.8 Å². The summed E-state index contributed by atoms with van der Waals surface area (Å²) in [5.74, 6) is 0.414. The van der Waals surface area contributed by atoms with Crippen molar-refractivity contribution in [3.63, 3.8) is 0 Å². The molecule has 1 fully saturated rings. The van der Waals surface area contributed by atoms with E-state index in [1.807, 2.05) is 0 Å². The molecule has 0 amide bonds. The highest BCUT2D eigenvalue weighted by molar-refractivity contribution is 4.78. The largest absolute Gasteiger partial charge is 0.390 e. The van der Waals surface area contributed by atoms with Gasteiger partial charge in [0.1, 0.15) is 6.10 Å². The third-order valence-corrected chi connectivity index (χ3v) is 2.14. The fourth-order valence-corrected chi connectivity index (χ4v) is 1.26. The first-order chi connectivity index (χ1) is 5.11. The van der Waals surface area contributed by atoms with Crippen molar-refractivity contribution in [2.75, 3.05) is 6.61 Å². The molecule has 1 rings (SSSR count). The van der Waals surface area contributed by atoms with E-state index in [0.717, 1.165) is 0 Å². The lowest BCUT2D eigenvalue weighted by atomic mass is 9.96. The van der Waals surface area contributed by atoms with E-state index in [9.17, 15) is 5.11 Å². The highest BCUT2D eigenvalue weighted by Gasteiger charge is 2.29. The molecule has 0 aromatic rings. The van der Waals surface area contributed by atoms with E-state index >= 15 is 0 Å². The molecular weight excluding hydrogens is 144 g/mol. The Kier molecular flexibility index (Phi) is 2.87. The molecule has 3 nitrogen and oxygen atoms in total. The molecule has 0 aliphatic carbocycles. The third kappa shape index (κ3) is 2.15. The number of rotatable bonds is 1. The molecule has 0 spiro atoms. The summed E-state index contributed by atoms with van der Waals surface area (Å²) in [6.45, 7) is 4.37. The molecule has 1 aliphatic heterocycles. The first-order valence-electron chi connectivity index (χ1n) is 4.09. The van der Waals surface area contributed by atoms with Gasteiger partial charge >= 0.3 is 0 Å². The van der Waals surface area contributed by atoms with E-state index in [-0.39, 0.29) is 12.7 Å². The van der Waals surface area contributed by atoms with E-state index < -0.39 is 12.2 Å². The monoisotopic (exact) mass is 160 g/mol. The molecule has 1 saturated heterocycles. The number of ether oxygens (including phenoxy) is 1. The molecule has 1 heterocycles. The quantitative estimate of drug-likeness (QED) is 0.574. The molecule has 0 aromatic carbocycles. The fraction of sp³-hybridized carbons (Fsp3) is 1.00. The molecule has 0 unspecified atom stereocenters. The topological polar surface area (TPSA) is 49.7 Å². The van der Waals surface area contributed by atoms with E-state index in [4.69, 9.17) is 9.84 Å². The predicted octanol–water partition coefficient (Wildman–Crippen LogP) is 0.153. The molecule has 0 saturated carbocycles. The van der Waals surface area contributed by atoms with Gasteiger partial charge in [-0.1, -0.05) is 13.8 Å². The van der Waals surface area contributed by atoms with Gasteiger partial charge in [0.15, 0.2) is 0 Å². The summed E-state index contributed by atoms with van der Waals surface area (Å²) in [6, 6.07) is 0. The Morgan fingerprint density at radius 3 is 2.36 bits per heavy atom. The lowest BCUT2D eigenvalue weighted by Gasteiger charge is -2.32. The summed E-state index contributed by atoms with van der Waals surface area (Å²) in [6.07, 6.45) is -0.631. The molecule has 66 valence electrons. The second-order valence-corrected chi connectivity index (χ2v) is 3.49. The number of hydrogen-bond donors (Lipinski definition) is 2. The van der Waals surface area contributed by atoms with Gasteiger partial charge in [-0.05, 0) is 5.92 Å². The molecule has 0 bridgehead atoms. The summed E-state index contributed by atoms with van der Waals surface area (Å²) in [5, 5.41) is 18.4. The fourth-order valence-electron chi connectivity index (χ4n) is 1.26. The van der Waals surface area contributed by atoms with Gasteiger partial charge in [-0.15, -0.1) is 0 Å². The molecule has 0 aromatic heterocycles. The van der Waals surface area contributed by atoms with E-state index in [1.54, 1.807) is 0 Å². The van der Waals surface area contributed by atoms with Crippen molar-refractivity contribution in [2.45, 2.75) is 38.6 Å². The van der Waals surface area contributed by atoms with Crippen LogP contribution in [0.5, 0.6) is 0 Å². The summed E-state index contributed by atoms with van der Waals surface area (Å²) < 4.78 is 5.31. The van der Waals surface area contributed by atoms with Crippen LogP contribution in [0.3, 0.4) is 0 Å². The second-order valence-electron chi connectivity index (χ2n) is 3.49. The number of hydrogen-bond acceptors (Lipinski definition) is 3. The Hall–Kier alpha value is -0.120. The lowest BCUT2D eigenvalue weighted by Crippen LogP contribution is -2.42. The second kappa shape index (κ2) is 3.52. The van der Waals surface area contributed by atoms with Crippen molar-refractivity contribution in [1.82, 2.24) is 0 Å². The Morgan fingerprint density at radius 2 is 1.91 bits per heavy atom. The molecule has 11 heavy (non-hydrogen) atoms. The highest BCUT2D eigenvalue weighted by atomic mass is 16.5. The van der Waals surface area contributed by atoms with Gasteiger partial charge in [-0.25, -0.2) is 0 Å². The van der Waals surface area contributed by atoms with Crippen molar-refractivity contribution < 1.29 is 14.9 Å². The first kappa shape index (κ1) is 8.97. The zero-order valence-electron chi connectivity index (χ0n) is 7.03. The van der Waals surface area contributed by atoms with Crippen LogP contribution in [0.2, 0.25) is 0 Å². The van der Waals surface area contributed by atoms with Gasteiger partial charge in [-0.2, -0.15) is 0 Å². The van der Waals surface area contributed by atoms with Crippen molar-refractivity contribution in [3.05, 3.63) is 0 Å². The van der Waals surface area contributed by atoms with Crippen molar-refractivity contribution in [2.24, 2.45) is 5.92 Å². The standard InChI is InChI=1S/C8H16O3/c1-5(2)8-3-6(9)7(10)4-11-8/h5-10H,3-4H2,1-2H3/t6-,7+,8-/m1/s1. The number of aliphatic hydroxyl groups is 2. The summed E-state index contributed by atoms with van der Waals surface area (Å²) in [5.41, 5.74) is 0. The zero-order chi connectivity index (χ0) is 8.43. The number of aliphatic hydroxyl groups excluding tert-OH is 2. The average molecular weight is 160 g/mol. The Morgan fingerprint density at radius 1 is 1.27 bits per heavy atom. The van der Waals surface area contributed by atoms with Crippen LogP contribution in [0.25, 0.3) is 0 Å². The van der Waals surface area contributed by atoms with Gasteiger partial charge in [0.05, 0.1) is 18.8 Å². The van der Waals surface area contributed by atoms with Gasteiger partial charge in [0.25, 0.3) is 0 Å². The molecule has 3 atom stereocenters. The summed E-state index contributed by atoms with van der Waals surface area (Å²) in [4.78, 5) is 0. The smallest absolute Gasteiger partial charge is 0.103 e. The molecule has 1 aliphatic rings. The Bertz CT molecular complexity index is 125. The minimum atomic E-state index is -0.690. The van der Waals surface area contributed by atoms with Crippen molar-refractivity contribution >= 4 is 0 Å². The zero-order valence-corrected chi connectivity index (χ0v) is 7.03. The van der Waals surface area contributed by atoms with E-state index in [1.165, 1.54) is 0 Å². The van der Waals surface area contributed by atoms with Gasteiger partial charge in [-0.3, -0.25) is 0 Å². The Labute approximate surface area is 67.0 Å². The molecular formula is C8H16O3. The van der Waals surface area contributed by atoms with Gasteiger partial charge < -0.3 is 14.9 Å². The summed E-state index contributed by atoms with van der Waals surface area (Å²) in [7, 11) is 0. The predicted molar refractivity (Wildman–Crippen MR) is 41.2 cm³/mol. The molecule has 0 radical (unpaired) electrons. The normalized spacial score (nSPS) is 39.5. The summed E-state index contributed by atoms with van der Waals surface area (Å²) >= 11 is 0. The van der Waals surface area contributed by atoms with Crippen LogP contribution < -0.4 is 0 Å². The van der Waals surface area contributed by atoms with Crippen LogP contribution in [0, 0.1) is 5.92 Å². The van der Waals surface area contributed by atoms with Crippen LogP contribution in [0.1, 0.15) is 20.3 Å². The van der Waals surface area contributed by atoms with E-state index in [0.29, 0.717) is 12.3 Å². The van der Waals surface area contributed by atoms with Crippen LogP contribution >= 0.6 is 0 Å². The van der Waals surface area contributed by atoms with Crippen molar-refractivity contribution in [3.8, 4) is 0 Å². The maximum atomic E-state index is 9.27. The molecule has 3 heteroatoms. The van der Waals surface area contributed by atoms with Gasteiger partial charge in [0, 0.05) is 6.42 Å². The Balaban J connectivity index is 2.40. The minimum Gasteiger partial charge on any atom is -0.390 e. The van der Waals surface area contributed by atoms with Crippen molar-refractivity contribution in [1.29, 1.82) is 0 Å². The average Bonchev–Trinajstić information content (AvgIpc) is 1.94. The van der Waals surface area contributed by atoms with Crippen LogP contribution in [0.15, 0.2) is 0 Å². The first-order valence-corrected chi connectivity index (χ1v) is 4.09. The molecule has 2 N–H and O–H groups in total. The maximum Gasteiger partial charge on any atom is 0.103 e. The highest BCUT2D eigenvalue weighted by Crippen LogP contribution is 2.20.